The van der Waals surface area contributed by atoms with Gasteiger partial charge in [0.25, 0.3) is 5.91 Å². The second kappa shape index (κ2) is 7.73. The first kappa shape index (κ1) is 18.8. The average Bonchev–Trinajstić information content (AvgIpc) is 2.63. The van der Waals surface area contributed by atoms with E-state index in [9.17, 15) is 9.59 Å². The van der Waals surface area contributed by atoms with Crippen LogP contribution in [0.15, 0.2) is 24.3 Å². The van der Waals surface area contributed by atoms with E-state index in [1.54, 1.807) is 22.8 Å². The third-order valence-corrected chi connectivity index (χ3v) is 4.73. The summed E-state index contributed by atoms with van der Waals surface area (Å²) in [6, 6.07) is 7.82. The Hall–Kier alpha value is -2.96. The lowest BCUT2D eigenvalue weighted by atomic mass is 10.1. The lowest BCUT2D eigenvalue weighted by molar-refractivity contribution is -0.130. The quantitative estimate of drug-likeness (QED) is 0.902. The largest absolute Gasteiger partial charge is 0.339 e. The molecule has 1 aliphatic heterocycles. The number of nitrogens with zero attached hydrogens (tertiary/aromatic N) is 4. The highest BCUT2D eigenvalue weighted by atomic mass is 16.2. The molecule has 3 rings (SSSR count). The fourth-order valence-electron chi connectivity index (χ4n) is 3.11. The number of carbonyl (C=O) groups is 2. The Balaban J connectivity index is 1.78. The Morgan fingerprint density at radius 1 is 0.963 bits per heavy atom. The third-order valence-electron chi connectivity index (χ3n) is 4.73. The molecule has 0 bridgehead atoms. The van der Waals surface area contributed by atoms with Crippen LogP contribution in [0.5, 0.6) is 0 Å². The van der Waals surface area contributed by atoms with Gasteiger partial charge in [0, 0.05) is 44.5 Å². The lowest BCUT2D eigenvalue weighted by Crippen LogP contribution is -2.50. The number of carbonyl (C=O) groups excluding carboxylic acids is 2. The van der Waals surface area contributed by atoms with E-state index in [0.717, 1.165) is 22.5 Å². The van der Waals surface area contributed by atoms with Crippen LogP contribution in [0.1, 0.15) is 34.2 Å². The highest BCUT2D eigenvalue weighted by molar-refractivity contribution is 5.93. The van der Waals surface area contributed by atoms with Gasteiger partial charge in [0.15, 0.2) is 0 Å². The maximum absolute atomic E-state index is 12.9. The molecule has 2 amide bonds. The van der Waals surface area contributed by atoms with Crippen molar-refractivity contribution >= 4 is 23.5 Å². The average molecular weight is 367 g/mol. The Labute approximate surface area is 159 Å². The maximum Gasteiger partial charge on any atom is 0.272 e. The summed E-state index contributed by atoms with van der Waals surface area (Å²) in [4.78, 5) is 36.7. The van der Waals surface area contributed by atoms with Crippen LogP contribution in [0.25, 0.3) is 0 Å². The van der Waals surface area contributed by atoms with Crippen molar-refractivity contribution in [3.05, 3.63) is 46.8 Å². The molecule has 1 aromatic heterocycles. The number of benzene rings is 1. The summed E-state index contributed by atoms with van der Waals surface area (Å²) in [5, 5.41) is 3.23. The van der Waals surface area contributed by atoms with Gasteiger partial charge >= 0.3 is 0 Å². The Morgan fingerprint density at radius 3 is 2.30 bits per heavy atom. The van der Waals surface area contributed by atoms with Gasteiger partial charge in [-0.2, -0.15) is 0 Å². The topological polar surface area (TPSA) is 78.4 Å². The molecule has 0 radical (unpaired) electrons. The Morgan fingerprint density at radius 2 is 1.63 bits per heavy atom. The van der Waals surface area contributed by atoms with Gasteiger partial charge in [0.2, 0.25) is 11.9 Å². The molecule has 1 saturated heterocycles. The third kappa shape index (κ3) is 4.42. The van der Waals surface area contributed by atoms with Crippen LogP contribution in [0.3, 0.4) is 0 Å². The molecule has 2 heterocycles. The number of rotatable bonds is 3. The minimum atomic E-state index is -0.132. The summed E-state index contributed by atoms with van der Waals surface area (Å²) >= 11 is 0. The number of anilines is 2. The summed E-state index contributed by atoms with van der Waals surface area (Å²) in [6.07, 6.45) is 0. The van der Waals surface area contributed by atoms with Gasteiger partial charge in [-0.3, -0.25) is 9.59 Å². The van der Waals surface area contributed by atoms with Crippen molar-refractivity contribution in [2.24, 2.45) is 0 Å². The van der Waals surface area contributed by atoms with Crippen LogP contribution in [0, 0.1) is 20.8 Å². The fourth-order valence-corrected chi connectivity index (χ4v) is 3.11. The van der Waals surface area contributed by atoms with E-state index in [1.165, 1.54) is 0 Å². The second-order valence-electron chi connectivity index (χ2n) is 6.96. The molecule has 0 atom stereocenters. The standard InChI is InChI=1S/C20H25N5O2/c1-13-5-6-14(2)17(11-13)22-20-21-15(3)12-18(23-20)19(27)25-9-7-24(8-10-25)16(4)26/h5-6,11-12H,7-10H2,1-4H3,(H,21,22,23). The minimum Gasteiger partial charge on any atom is -0.339 e. The normalized spacial score (nSPS) is 14.2. The van der Waals surface area contributed by atoms with E-state index in [2.05, 4.69) is 15.3 Å². The SMILES string of the molecule is CC(=O)N1CCN(C(=O)c2cc(C)nc(Nc3cc(C)ccc3C)n2)CC1. The zero-order valence-corrected chi connectivity index (χ0v) is 16.2. The van der Waals surface area contributed by atoms with Crippen molar-refractivity contribution in [2.45, 2.75) is 27.7 Å². The number of piperazine rings is 1. The van der Waals surface area contributed by atoms with E-state index in [1.807, 2.05) is 39.0 Å². The van der Waals surface area contributed by atoms with E-state index in [-0.39, 0.29) is 11.8 Å². The van der Waals surface area contributed by atoms with Crippen LogP contribution in [-0.4, -0.2) is 57.8 Å². The molecule has 1 N–H and O–H groups in total. The number of hydrogen-bond acceptors (Lipinski definition) is 5. The molecule has 7 heteroatoms. The summed E-state index contributed by atoms with van der Waals surface area (Å²) in [7, 11) is 0. The number of nitrogens with one attached hydrogen (secondary N) is 1. The van der Waals surface area contributed by atoms with Crippen molar-refractivity contribution in [1.82, 2.24) is 19.8 Å². The molecule has 0 aliphatic carbocycles. The highest BCUT2D eigenvalue weighted by Gasteiger charge is 2.24. The van der Waals surface area contributed by atoms with Crippen LogP contribution in [0.4, 0.5) is 11.6 Å². The Kier molecular flexibility index (Phi) is 5.39. The van der Waals surface area contributed by atoms with E-state index < -0.39 is 0 Å². The van der Waals surface area contributed by atoms with E-state index in [0.29, 0.717) is 37.8 Å². The van der Waals surface area contributed by atoms with Crippen molar-refractivity contribution in [1.29, 1.82) is 0 Å². The van der Waals surface area contributed by atoms with Crippen LogP contribution >= 0.6 is 0 Å². The monoisotopic (exact) mass is 367 g/mol. The zero-order chi connectivity index (χ0) is 19.6. The van der Waals surface area contributed by atoms with Gasteiger partial charge in [-0.25, -0.2) is 9.97 Å². The number of aromatic nitrogens is 2. The zero-order valence-electron chi connectivity index (χ0n) is 16.2. The molecule has 2 aromatic rings. The summed E-state index contributed by atoms with van der Waals surface area (Å²) < 4.78 is 0. The molecular weight excluding hydrogens is 342 g/mol. The number of amides is 2. The molecule has 27 heavy (non-hydrogen) atoms. The number of aryl methyl sites for hydroxylation is 3. The molecule has 142 valence electrons. The van der Waals surface area contributed by atoms with Gasteiger partial charge in [0.05, 0.1) is 0 Å². The second-order valence-corrected chi connectivity index (χ2v) is 6.96. The first-order valence-corrected chi connectivity index (χ1v) is 9.08. The maximum atomic E-state index is 12.9. The van der Waals surface area contributed by atoms with Crippen molar-refractivity contribution < 1.29 is 9.59 Å². The smallest absolute Gasteiger partial charge is 0.272 e. The first-order chi connectivity index (χ1) is 12.8. The van der Waals surface area contributed by atoms with Gasteiger partial charge in [-0.1, -0.05) is 12.1 Å². The lowest BCUT2D eigenvalue weighted by Gasteiger charge is -2.34. The van der Waals surface area contributed by atoms with Gasteiger partial charge in [-0.15, -0.1) is 0 Å². The van der Waals surface area contributed by atoms with Crippen molar-refractivity contribution in [3.63, 3.8) is 0 Å². The van der Waals surface area contributed by atoms with Gasteiger partial charge in [-0.05, 0) is 44.0 Å². The van der Waals surface area contributed by atoms with Crippen LogP contribution in [-0.2, 0) is 4.79 Å². The Bertz CT molecular complexity index is 873. The molecule has 0 spiro atoms. The molecular formula is C20H25N5O2. The summed E-state index contributed by atoms with van der Waals surface area (Å²) in [5.74, 6) is 0.321. The van der Waals surface area contributed by atoms with E-state index >= 15 is 0 Å². The molecule has 1 aliphatic rings. The predicted molar refractivity (Wildman–Crippen MR) is 104 cm³/mol. The summed E-state index contributed by atoms with van der Waals surface area (Å²) in [5.41, 5.74) is 4.23. The molecule has 0 saturated carbocycles. The van der Waals surface area contributed by atoms with Crippen LogP contribution in [0.2, 0.25) is 0 Å². The van der Waals surface area contributed by atoms with Crippen molar-refractivity contribution in [3.8, 4) is 0 Å². The van der Waals surface area contributed by atoms with Gasteiger partial charge < -0.3 is 15.1 Å². The first-order valence-electron chi connectivity index (χ1n) is 9.08. The summed E-state index contributed by atoms with van der Waals surface area (Å²) in [6.45, 7) is 9.58. The minimum absolute atomic E-state index is 0.0417. The van der Waals surface area contributed by atoms with Gasteiger partial charge in [0.1, 0.15) is 5.69 Å². The molecule has 7 nitrogen and oxygen atoms in total. The number of hydrogen-bond donors (Lipinski definition) is 1. The molecule has 1 aromatic carbocycles. The van der Waals surface area contributed by atoms with Crippen molar-refractivity contribution in [2.75, 3.05) is 31.5 Å². The van der Waals surface area contributed by atoms with Crippen LogP contribution < -0.4 is 5.32 Å². The highest BCUT2D eigenvalue weighted by Crippen LogP contribution is 2.20. The van der Waals surface area contributed by atoms with E-state index in [4.69, 9.17) is 0 Å². The fraction of sp³-hybridized carbons (Fsp3) is 0.400. The molecule has 1 fully saturated rings. The predicted octanol–water partition coefficient (Wildman–Crippen LogP) is 2.45. The molecule has 0 unspecified atom stereocenters.